The molecule has 2 amide bonds. The van der Waals surface area contributed by atoms with Gasteiger partial charge >= 0.3 is 5.97 Å². The van der Waals surface area contributed by atoms with Gasteiger partial charge < -0.3 is 15.3 Å². The van der Waals surface area contributed by atoms with E-state index in [9.17, 15) is 14.4 Å². The van der Waals surface area contributed by atoms with Gasteiger partial charge in [-0.25, -0.2) is 4.79 Å². The zero-order valence-corrected chi connectivity index (χ0v) is 14.1. The fourth-order valence-electron chi connectivity index (χ4n) is 3.49. The maximum Gasteiger partial charge on any atom is 0.335 e. The number of carboxylic acids is 1. The number of piperazine rings is 1. The Balaban J connectivity index is 1.59. The number of carbonyl (C=O) groups is 3. The van der Waals surface area contributed by atoms with E-state index < -0.39 is 5.97 Å². The van der Waals surface area contributed by atoms with Crippen LogP contribution in [-0.4, -0.2) is 72.0 Å². The lowest BCUT2D eigenvalue weighted by Gasteiger charge is -2.35. The third kappa shape index (κ3) is 4.36. The number of nitrogens with zero attached hydrogens (tertiary/aromatic N) is 2. The lowest BCUT2D eigenvalue weighted by Crippen LogP contribution is -2.52. The molecule has 2 fully saturated rings. The molecule has 1 atom stereocenters. The Morgan fingerprint density at radius 3 is 2.64 bits per heavy atom. The first-order valence-corrected chi connectivity index (χ1v) is 8.63. The monoisotopic (exact) mass is 345 g/mol. The largest absolute Gasteiger partial charge is 0.478 e. The summed E-state index contributed by atoms with van der Waals surface area (Å²) in [6, 6.07) is 6.92. The summed E-state index contributed by atoms with van der Waals surface area (Å²) >= 11 is 0. The molecule has 0 bridgehead atoms. The molecular formula is C18H23N3O4. The van der Waals surface area contributed by atoms with E-state index in [1.807, 2.05) is 21.9 Å². The number of hydrogen-bond acceptors (Lipinski definition) is 4. The van der Waals surface area contributed by atoms with E-state index in [4.69, 9.17) is 5.11 Å². The van der Waals surface area contributed by atoms with Crippen molar-refractivity contribution in [2.75, 3.05) is 39.3 Å². The van der Waals surface area contributed by atoms with Crippen LogP contribution in [0.5, 0.6) is 0 Å². The summed E-state index contributed by atoms with van der Waals surface area (Å²) in [5.41, 5.74) is 1.34. The predicted octanol–water partition coefficient (Wildman–Crippen LogP) is 0.523. The highest BCUT2D eigenvalue weighted by Crippen LogP contribution is 2.27. The molecule has 25 heavy (non-hydrogen) atoms. The zero-order valence-electron chi connectivity index (χ0n) is 14.1. The molecule has 1 aromatic rings. The number of likely N-dealkylation sites (tertiary alicyclic amines) is 1. The van der Waals surface area contributed by atoms with E-state index in [0.29, 0.717) is 19.6 Å². The van der Waals surface area contributed by atoms with E-state index >= 15 is 0 Å². The van der Waals surface area contributed by atoms with Crippen molar-refractivity contribution in [3.63, 3.8) is 0 Å². The lowest BCUT2D eigenvalue weighted by molar-refractivity contribution is -0.135. The highest BCUT2D eigenvalue weighted by molar-refractivity contribution is 5.87. The minimum Gasteiger partial charge on any atom is -0.478 e. The molecule has 0 aromatic heterocycles. The average molecular weight is 345 g/mol. The van der Waals surface area contributed by atoms with Gasteiger partial charge in [-0.1, -0.05) is 12.1 Å². The van der Waals surface area contributed by atoms with Crippen LogP contribution in [0, 0.1) is 0 Å². The van der Waals surface area contributed by atoms with Gasteiger partial charge in [0.2, 0.25) is 11.8 Å². The topological polar surface area (TPSA) is 90.0 Å². The summed E-state index contributed by atoms with van der Waals surface area (Å²) in [6.45, 7) is 3.22. The number of carboxylic acid groups (broad SMARTS) is 1. The lowest BCUT2D eigenvalue weighted by atomic mass is 9.90. The van der Waals surface area contributed by atoms with Gasteiger partial charge in [-0.15, -0.1) is 0 Å². The van der Waals surface area contributed by atoms with E-state index in [2.05, 4.69) is 5.32 Å². The van der Waals surface area contributed by atoms with Crippen molar-refractivity contribution in [2.24, 2.45) is 0 Å². The second-order valence-corrected chi connectivity index (χ2v) is 6.67. The quantitative estimate of drug-likeness (QED) is 0.830. The van der Waals surface area contributed by atoms with E-state index in [1.165, 1.54) is 0 Å². The first kappa shape index (κ1) is 17.4. The molecule has 0 aliphatic carbocycles. The Morgan fingerprint density at radius 2 is 1.96 bits per heavy atom. The number of piperidine rings is 1. The summed E-state index contributed by atoms with van der Waals surface area (Å²) in [7, 11) is 0. The number of nitrogens with one attached hydrogen (secondary N) is 1. The molecule has 0 spiro atoms. The SMILES string of the molecule is O=C1CN(CC(=O)N2CCC[C@@H](c3ccc(C(=O)O)cc3)C2)CCN1. The van der Waals surface area contributed by atoms with Gasteiger partial charge in [-0.2, -0.15) is 0 Å². The Labute approximate surface area is 146 Å². The van der Waals surface area contributed by atoms with Crippen LogP contribution < -0.4 is 5.32 Å². The average Bonchev–Trinajstić information content (AvgIpc) is 2.62. The minimum atomic E-state index is -0.933. The Hall–Kier alpha value is -2.41. The van der Waals surface area contributed by atoms with Crippen molar-refractivity contribution < 1.29 is 19.5 Å². The third-order valence-corrected chi connectivity index (χ3v) is 4.88. The maximum absolute atomic E-state index is 12.6. The van der Waals surface area contributed by atoms with Crippen molar-refractivity contribution in [3.05, 3.63) is 35.4 Å². The summed E-state index contributed by atoms with van der Waals surface area (Å²) in [4.78, 5) is 38.7. The van der Waals surface area contributed by atoms with Crippen LogP contribution >= 0.6 is 0 Å². The molecule has 1 aromatic carbocycles. The van der Waals surface area contributed by atoms with Gasteiger partial charge in [0.1, 0.15) is 0 Å². The van der Waals surface area contributed by atoms with Crippen LogP contribution in [0.25, 0.3) is 0 Å². The molecule has 2 aliphatic heterocycles. The molecule has 7 heteroatoms. The smallest absolute Gasteiger partial charge is 0.335 e. The van der Waals surface area contributed by atoms with Crippen molar-refractivity contribution in [1.82, 2.24) is 15.1 Å². The molecule has 2 heterocycles. The van der Waals surface area contributed by atoms with E-state index in [-0.39, 0.29) is 36.4 Å². The van der Waals surface area contributed by atoms with Crippen molar-refractivity contribution in [1.29, 1.82) is 0 Å². The molecule has 2 N–H and O–H groups in total. The van der Waals surface area contributed by atoms with Crippen LogP contribution in [0.3, 0.4) is 0 Å². The minimum absolute atomic E-state index is 0.0332. The molecule has 3 rings (SSSR count). The fraction of sp³-hybridized carbons (Fsp3) is 0.500. The van der Waals surface area contributed by atoms with Crippen LogP contribution in [0.1, 0.15) is 34.7 Å². The van der Waals surface area contributed by atoms with Crippen LogP contribution in [0.2, 0.25) is 0 Å². The molecule has 0 saturated carbocycles. The van der Waals surface area contributed by atoms with Crippen LogP contribution in [0.4, 0.5) is 0 Å². The third-order valence-electron chi connectivity index (χ3n) is 4.88. The van der Waals surface area contributed by atoms with Crippen LogP contribution in [0.15, 0.2) is 24.3 Å². The Morgan fingerprint density at radius 1 is 1.20 bits per heavy atom. The van der Waals surface area contributed by atoms with Crippen molar-refractivity contribution in [2.45, 2.75) is 18.8 Å². The first-order chi connectivity index (χ1) is 12.0. The normalized spacial score (nSPS) is 21.7. The van der Waals surface area contributed by atoms with E-state index in [0.717, 1.165) is 24.9 Å². The van der Waals surface area contributed by atoms with Gasteiger partial charge in [-0.3, -0.25) is 14.5 Å². The summed E-state index contributed by atoms with van der Waals surface area (Å²) in [5.74, 6) is -0.682. The first-order valence-electron chi connectivity index (χ1n) is 8.63. The Bertz CT molecular complexity index is 659. The van der Waals surface area contributed by atoms with Gasteiger partial charge in [0.15, 0.2) is 0 Å². The van der Waals surface area contributed by atoms with Gasteiger partial charge in [0, 0.05) is 32.1 Å². The van der Waals surface area contributed by atoms with E-state index in [1.54, 1.807) is 12.1 Å². The second kappa shape index (κ2) is 7.65. The molecule has 0 radical (unpaired) electrons. The highest BCUT2D eigenvalue weighted by atomic mass is 16.4. The highest BCUT2D eigenvalue weighted by Gasteiger charge is 2.27. The fourth-order valence-corrected chi connectivity index (χ4v) is 3.49. The summed E-state index contributed by atoms with van der Waals surface area (Å²) in [5, 5.41) is 11.7. The summed E-state index contributed by atoms with van der Waals surface area (Å²) < 4.78 is 0. The standard InChI is InChI=1S/C18H23N3O4/c22-16-11-20(9-7-19-16)12-17(23)21-8-1-2-15(10-21)13-3-5-14(6-4-13)18(24)25/h3-6,15H,1-2,7-12H2,(H,19,22)(H,24,25)/t15-/m1/s1. The second-order valence-electron chi connectivity index (χ2n) is 6.67. The molecule has 0 unspecified atom stereocenters. The number of rotatable bonds is 4. The summed E-state index contributed by atoms with van der Waals surface area (Å²) in [6.07, 6.45) is 1.92. The molecular weight excluding hydrogens is 322 g/mol. The number of aromatic carboxylic acids is 1. The van der Waals surface area contributed by atoms with Crippen molar-refractivity contribution >= 4 is 17.8 Å². The number of carbonyl (C=O) groups excluding carboxylic acids is 2. The molecule has 2 aliphatic rings. The molecule has 7 nitrogen and oxygen atoms in total. The van der Waals surface area contributed by atoms with Crippen LogP contribution in [-0.2, 0) is 9.59 Å². The number of hydrogen-bond donors (Lipinski definition) is 2. The van der Waals surface area contributed by atoms with Gasteiger partial charge in [0.25, 0.3) is 0 Å². The van der Waals surface area contributed by atoms with Gasteiger partial charge in [0.05, 0.1) is 18.7 Å². The maximum atomic E-state index is 12.6. The zero-order chi connectivity index (χ0) is 17.8. The molecule has 2 saturated heterocycles. The van der Waals surface area contributed by atoms with Gasteiger partial charge in [-0.05, 0) is 30.5 Å². The predicted molar refractivity (Wildman–Crippen MR) is 91.4 cm³/mol. The number of benzene rings is 1. The Kier molecular flexibility index (Phi) is 5.33. The molecule has 134 valence electrons. The van der Waals surface area contributed by atoms with Crippen molar-refractivity contribution in [3.8, 4) is 0 Å². The number of amides is 2.